The quantitative estimate of drug-likeness (QED) is 0.0485. The Labute approximate surface area is 452 Å². The van der Waals surface area contributed by atoms with Gasteiger partial charge in [0.25, 0.3) is 0 Å². The summed E-state index contributed by atoms with van der Waals surface area (Å²) in [4.78, 5) is 24.6. The van der Waals surface area contributed by atoms with Gasteiger partial charge in [0.05, 0.1) is 6.61 Å². The molecule has 0 spiro atoms. The summed E-state index contributed by atoms with van der Waals surface area (Å²) in [5.41, 5.74) is 0. The second-order valence-corrected chi connectivity index (χ2v) is 23.3. The molecule has 0 aromatic heterocycles. The second kappa shape index (κ2) is 64.2. The van der Waals surface area contributed by atoms with Crippen molar-refractivity contribution in [2.24, 2.45) is 0 Å². The largest absolute Gasteiger partial charge is 0.462 e. The fourth-order valence-corrected chi connectivity index (χ4v) is 10.9. The smallest absolute Gasteiger partial charge is 0.306 e. The first-order valence-corrected chi connectivity index (χ1v) is 33.6. The van der Waals surface area contributed by atoms with Crippen molar-refractivity contribution < 1.29 is 24.2 Å². The highest BCUT2D eigenvalue weighted by atomic mass is 16.6. The Kier molecular flexibility index (Phi) is 63.2. The Morgan fingerprint density at radius 3 is 0.611 bits per heavy atom. The van der Waals surface area contributed by atoms with Gasteiger partial charge in [-0.1, -0.05) is 373 Å². The number of aliphatic hydroxyl groups is 1. The molecule has 0 aromatic rings. The molecule has 0 radical (unpaired) electrons. The fraction of sp³-hybridized carbons (Fsp3) is 0.970. The van der Waals surface area contributed by atoms with Gasteiger partial charge in [0.1, 0.15) is 6.61 Å². The third-order valence-electron chi connectivity index (χ3n) is 15.9. The molecule has 0 aliphatic carbocycles. The van der Waals surface area contributed by atoms with Gasteiger partial charge in [-0.3, -0.25) is 9.59 Å². The molecule has 0 rings (SSSR count). The molecule has 0 aromatic carbocycles. The van der Waals surface area contributed by atoms with Gasteiger partial charge in [-0.25, -0.2) is 0 Å². The van der Waals surface area contributed by atoms with E-state index in [9.17, 15) is 14.7 Å². The molecule has 5 nitrogen and oxygen atoms in total. The number of rotatable bonds is 64. The number of unbranched alkanes of at least 4 members (excludes halogenated alkanes) is 56. The maximum Gasteiger partial charge on any atom is 0.306 e. The van der Waals surface area contributed by atoms with E-state index >= 15 is 0 Å². The molecule has 5 heteroatoms. The van der Waals surface area contributed by atoms with Crippen LogP contribution in [0.25, 0.3) is 0 Å². The van der Waals surface area contributed by atoms with Crippen LogP contribution in [0.5, 0.6) is 0 Å². The van der Waals surface area contributed by atoms with Crippen molar-refractivity contribution in [1.82, 2.24) is 0 Å². The third kappa shape index (κ3) is 61.4. The number of ether oxygens (including phenoxy) is 2. The molecule has 0 saturated heterocycles. The Balaban J connectivity index is 3.35. The van der Waals surface area contributed by atoms with Crippen LogP contribution < -0.4 is 0 Å². The van der Waals surface area contributed by atoms with Gasteiger partial charge in [0, 0.05) is 12.8 Å². The van der Waals surface area contributed by atoms with Crippen molar-refractivity contribution in [2.75, 3.05) is 13.2 Å². The van der Waals surface area contributed by atoms with Crippen LogP contribution in [0.3, 0.4) is 0 Å². The van der Waals surface area contributed by atoms with E-state index in [1.54, 1.807) is 0 Å². The van der Waals surface area contributed by atoms with Crippen LogP contribution >= 0.6 is 0 Å². The minimum Gasteiger partial charge on any atom is -0.462 e. The summed E-state index contributed by atoms with van der Waals surface area (Å²) in [6.07, 6.45) is 80.0. The first kappa shape index (κ1) is 70.9. The van der Waals surface area contributed by atoms with E-state index in [0.29, 0.717) is 12.8 Å². The van der Waals surface area contributed by atoms with Gasteiger partial charge in [-0.15, -0.1) is 0 Å². The lowest BCUT2D eigenvalue weighted by molar-refractivity contribution is -0.161. The average molecular weight is 1020 g/mol. The molecular formula is C67H132O5. The van der Waals surface area contributed by atoms with Crippen LogP contribution in [0.4, 0.5) is 0 Å². The molecule has 0 saturated carbocycles. The summed E-state index contributed by atoms with van der Waals surface area (Å²) >= 11 is 0. The Bertz CT molecular complexity index is 1010. The van der Waals surface area contributed by atoms with Crippen LogP contribution in [0.2, 0.25) is 0 Å². The summed E-state index contributed by atoms with van der Waals surface area (Å²) in [5.74, 6) is -0.559. The summed E-state index contributed by atoms with van der Waals surface area (Å²) in [5, 5.41) is 9.69. The normalized spacial score (nSPS) is 12.0. The summed E-state index contributed by atoms with van der Waals surface area (Å²) in [6, 6.07) is 0. The van der Waals surface area contributed by atoms with Crippen LogP contribution in [-0.2, 0) is 19.1 Å². The van der Waals surface area contributed by atoms with Gasteiger partial charge >= 0.3 is 11.9 Å². The summed E-state index contributed by atoms with van der Waals surface area (Å²) in [6.45, 7) is 4.22. The highest BCUT2D eigenvalue weighted by Crippen LogP contribution is 2.20. The number of esters is 2. The minimum atomic E-state index is -0.765. The predicted octanol–water partition coefficient (Wildman–Crippen LogP) is 22.9. The predicted molar refractivity (Wildman–Crippen MR) is 316 cm³/mol. The SMILES string of the molecule is CCCCCCCCCCCCCCCCCCCCCCCCCCCCCCCCCCCCC(=O)OC(CO)COC(=O)CCCCCCCCCCCCCCCCCCCCCCCCCC. The maximum atomic E-state index is 12.3. The van der Waals surface area contributed by atoms with Crippen LogP contribution in [0.15, 0.2) is 0 Å². The van der Waals surface area contributed by atoms with Crippen LogP contribution in [0, 0.1) is 0 Å². The molecule has 0 aliphatic heterocycles. The molecule has 0 bridgehead atoms. The van der Waals surface area contributed by atoms with E-state index in [0.717, 1.165) is 32.1 Å². The first-order chi connectivity index (χ1) is 35.6. The highest BCUT2D eigenvalue weighted by molar-refractivity contribution is 5.70. The first-order valence-electron chi connectivity index (χ1n) is 33.6. The van der Waals surface area contributed by atoms with Crippen molar-refractivity contribution in [3.8, 4) is 0 Å². The van der Waals surface area contributed by atoms with Gasteiger partial charge in [-0.2, -0.15) is 0 Å². The highest BCUT2D eigenvalue weighted by Gasteiger charge is 2.16. The van der Waals surface area contributed by atoms with E-state index < -0.39 is 6.10 Å². The molecule has 430 valence electrons. The molecule has 1 N–H and O–H groups in total. The van der Waals surface area contributed by atoms with E-state index in [-0.39, 0.29) is 25.2 Å². The standard InChI is InChI=1S/C67H132O5/c1-3-5-7-9-11-13-15-17-19-21-23-25-27-29-30-31-32-33-34-35-36-37-38-40-42-44-46-48-50-52-54-56-58-60-62-67(70)72-65(63-68)64-71-66(69)61-59-57-55-53-51-49-47-45-43-41-39-28-26-24-22-20-18-16-14-12-10-8-6-4-2/h65,68H,3-64H2,1-2H3. The summed E-state index contributed by atoms with van der Waals surface area (Å²) < 4.78 is 10.8. The molecule has 0 heterocycles. The van der Waals surface area contributed by atoms with E-state index in [2.05, 4.69) is 13.8 Å². The van der Waals surface area contributed by atoms with E-state index in [1.807, 2.05) is 0 Å². The monoisotopic (exact) mass is 1020 g/mol. The molecule has 1 unspecified atom stereocenters. The van der Waals surface area contributed by atoms with E-state index in [4.69, 9.17) is 9.47 Å². The van der Waals surface area contributed by atoms with Gasteiger partial charge < -0.3 is 14.6 Å². The number of aliphatic hydroxyl groups excluding tert-OH is 1. The zero-order chi connectivity index (χ0) is 52.0. The van der Waals surface area contributed by atoms with Crippen molar-refractivity contribution in [3.05, 3.63) is 0 Å². The molecule has 0 fully saturated rings. The third-order valence-corrected chi connectivity index (χ3v) is 15.9. The van der Waals surface area contributed by atoms with Crippen molar-refractivity contribution >= 4 is 11.9 Å². The van der Waals surface area contributed by atoms with Crippen molar-refractivity contribution in [1.29, 1.82) is 0 Å². The molecule has 0 amide bonds. The lowest BCUT2D eigenvalue weighted by Crippen LogP contribution is -2.28. The van der Waals surface area contributed by atoms with Gasteiger partial charge in [-0.05, 0) is 12.8 Å². The lowest BCUT2D eigenvalue weighted by atomic mass is 10.0. The average Bonchev–Trinajstić information content (AvgIpc) is 3.38. The van der Waals surface area contributed by atoms with Crippen LogP contribution in [-0.4, -0.2) is 36.4 Å². The van der Waals surface area contributed by atoms with Crippen molar-refractivity contribution in [3.63, 3.8) is 0 Å². The van der Waals surface area contributed by atoms with E-state index in [1.165, 1.54) is 340 Å². The number of hydrogen-bond acceptors (Lipinski definition) is 5. The zero-order valence-electron chi connectivity index (χ0n) is 49.5. The van der Waals surface area contributed by atoms with Crippen molar-refractivity contribution in [2.45, 2.75) is 405 Å². The minimum absolute atomic E-state index is 0.0554. The molecule has 1 atom stereocenters. The fourth-order valence-electron chi connectivity index (χ4n) is 10.9. The Hall–Kier alpha value is -1.10. The summed E-state index contributed by atoms with van der Waals surface area (Å²) in [7, 11) is 0. The number of carbonyl (C=O) groups is 2. The van der Waals surface area contributed by atoms with Gasteiger partial charge in [0.2, 0.25) is 0 Å². The topological polar surface area (TPSA) is 72.8 Å². The maximum absolute atomic E-state index is 12.3. The number of carbonyl (C=O) groups excluding carboxylic acids is 2. The van der Waals surface area contributed by atoms with Crippen LogP contribution in [0.1, 0.15) is 399 Å². The Morgan fingerprint density at radius 1 is 0.264 bits per heavy atom. The van der Waals surface area contributed by atoms with Gasteiger partial charge in [0.15, 0.2) is 6.10 Å². The lowest BCUT2D eigenvalue weighted by Gasteiger charge is -2.15. The Morgan fingerprint density at radius 2 is 0.431 bits per heavy atom. The number of hydrogen-bond donors (Lipinski definition) is 1. The second-order valence-electron chi connectivity index (χ2n) is 23.3. The molecule has 72 heavy (non-hydrogen) atoms. The molecular weight excluding hydrogens is 885 g/mol. The zero-order valence-corrected chi connectivity index (χ0v) is 49.5. The molecule has 0 aliphatic rings.